The highest BCUT2D eigenvalue weighted by Crippen LogP contribution is 2.22. The molecule has 0 saturated carbocycles. The minimum Gasteiger partial charge on any atom is -0.478 e. The van der Waals surface area contributed by atoms with Gasteiger partial charge in [-0.25, -0.2) is 9.78 Å². The second kappa shape index (κ2) is 5.14. The molecule has 0 aliphatic carbocycles. The summed E-state index contributed by atoms with van der Waals surface area (Å²) in [5.74, 6) is 0.442. The molecule has 0 bridgehead atoms. The smallest absolute Gasteiger partial charge is 0.337 e. The van der Waals surface area contributed by atoms with Crippen molar-refractivity contribution < 1.29 is 14.6 Å². The molecule has 17 heavy (non-hydrogen) atoms. The van der Waals surface area contributed by atoms with Crippen molar-refractivity contribution in [3.63, 3.8) is 0 Å². The van der Waals surface area contributed by atoms with Crippen LogP contribution in [0.1, 0.15) is 16.8 Å². The zero-order valence-corrected chi connectivity index (χ0v) is 9.80. The van der Waals surface area contributed by atoms with Crippen LogP contribution in [0.2, 0.25) is 0 Å². The van der Waals surface area contributed by atoms with Crippen LogP contribution in [0, 0.1) is 5.92 Å². The lowest BCUT2D eigenvalue weighted by Crippen LogP contribution is -2.22. The third kappa shape index (κ3) is 2.74. The molecule has 5 nitrogen and oxygen atoms in total. The van der Waals surface area contributed by atoms with E-state index >= 15 is 0 Å². The standard InChI is InChI=1S/C12H16N2O3/c1-17-8-9-4-5-14(7-9)11-3-2-10(6-13-11)12(15)16/h2-3,6,9H,4-5,7-8H2,1H3,(H,15,16). The Morgan fingerprint density at radius 1 is 1.65 bits per heavy atom. The van der Waals surface area contributed by atoms with Crippen LogP contribution in [0.4, 0.5) is 5.82 Å². The first-order valence-electron chi connectivity index (χ1n) is 5.64. The van der Waals surface area contributed by atoms with Crippen LogP contribution in [-0.2, 0) is 4.74 Å². The fourth-order valence-electron chi connectivity index (χ4n) is 2.11. The Balaban J connectivity index is 2.01. The molecule has 0 aromatic carbocycles. The van der Waals surface area contributed by atoms with Crippen LogP contribution in [0.3, 0.4) is 0 Å². The quantitative estimate of drug-likeness (QED) is 0.852. The van der Waals surface area contributed by atoms with Gasteiger partial charge in [-0.3, -0.25) is 0 Å². The molecule has 0 spiro atoms. The van der Waals surface area contributed by atoms with Gasteiger partial charge in [-0.05, 0) is 18.6 Å². The van der Waals surface area contributed by atoms with Gasteiger partial charge in [0.2, 0.25) is 0 Å². The molecule has 1 aliphatic rings. The maximum Gasteiger partial charge on any atom is 0.337 e. The van der Waals surface area contributed by atoms with Gasteiger partial charge in [0.1, 0.15) is 5.82 Å². The zero-order valence-electron chi connectivity index (χ0n) is 9.80. The lowest BCUT2D eigenvalue weighted by Gasteiger charge is -2.17. The van der Waals surface area contributed by atoms with Gasteiger partial charge in [0, 0.05) is 32.3 Å². The van der Waals surface area contributed by atoms with Gasteiger partial charge in [-0.1, -0.05) is 0 Å². The summed E-state index contributed by atoms with van der Waals surface area (Å²) in [6.45, 7) is 2.64. The number of carbonyl (C=O) groups is 1. The fraction of sp³-hybridized carbons (Fsp3) is 0.500. The predicted octanol–water partition coefficient (Wildman–Crippen LogP) is 1.25. The molecule has 2 heterocycles. The molecule has 92 valence electrons. The van der Waals surface area contributed by atoms with E-state index in [4.69, 9.17) is 9.84 Å². The third-order valence-electron chi connectivity index (χ3n) is 3.01. The van der Waals surface area contributed by atoms with Crippen LogP contribution >= 0.6 is 0 Å². The molecule has 2 rings (SSSR count). The number of ether oxygens (including phenoxy) is 1. The molecule has 1 fully saturated rings. The number of carboxylic acid groups (broad SMARTS) is 1. The van der Waals surface area contributed by atoms with Crippen molar-refractivity contribution >= 4 is 11.8 Å². The number of pyridine rings is 1. The molecule has 1 unspecified atom stereocenters. The van der Waals surface area contributed by atoms with Crippen LogP contribution in [0.15, 0.2) is 18.3 Å². The molecule has 1 aromatic heterocycles. The summed E-state index contributed by atoms with van der Waals surface area (Å²) in [4.78, 5) is 17.0. The van der Waals surface area contributed by atoms with Gasteiger partial charge in [-0.2, -0.15) is 0 Å². The van der Waals surface area contributed by atoms with Crippen LogP contribution in [0.25, 0.3) is 0 Å². The van der Waals surface area contributed by atoms with Crippen LogP contribution in [0.5, 0.6) is 0 Å². The average molecular weight is 236 g/mol. The van der Waals surface area contributed by atoms with Crippen molar-refractivity contribution in [1.29, 1.82) is 0 Å². The Morgan fingerprint density at radius 3 is 3.06 bits per heavy atom. The number of anilines is 1. The number of rotatable bonds is 4. The monoisotopic (exact) mass is 236 g/mol. The van der Waals surface area contributed by atoms with E-state index in [-0.39, 0.29) is 5.56 Å². The second-order valence-corrected chi connectivity index (χ2v) is 4.27. The molecule has 1 saturated heterocycles. The van der Waals surface area contributed by atoms with E-state index in [9.17, 15) is 4.79 Å². The fourth-order valence-corrected chi connectivity index (χ4v) is 2.11. The van der Waals surface area contributed by atoms with E-state index in [1.54, 1.807) is 19.2 Å². The summed E-state index contributed by atoms with van der Waals surface area (Å²) in [6, 6.07) is 3.35. The number of carboxylic acids is 1. The summed E-state index contributed by atoms with van der Waals surface area (Å²) in [5.41, 5.74) is 0.224. The molecular weight excluding hydrogens is 220 g/mol. The number of aromatic carboxylic acids is 1. The van der Waals surface area contributed by atoms with Gasteiger partial charge in [-0.15, -0.1) is 0 Å². The number of hydrogen-bond acceptors (Lipinski definition) is 4. The largest absolute Gasteiger partial charge is 0.478 e. The molecule has 0 radical (unpaired) electrons. The highest BCUT2D eigenvalue weighted by molar-refractivity contribution is 5.87. The molecule has 5 heteroatoms. The summed E-state index contributed by atoms with van der Waals surface area (Å²) in [7, 11) is 1.71. The third-order valence-corrected chi connectivity index (χ3v) is 3.01. The highest BCUT2D eigenvalue weighted by atomic mass is 16.5. The molecule has 1 N–H and O–H groups in total. The number of hydrogen-bond donors (Lipinski definition) is 1. The molecule has 0 amide bonds. The lowest BCUT2D eigenvalue weighted by molar-refractivity contribution is 0.0696. The Hall–Kier alpha value is -1.62. The van der Waals surface area contributed by atoms with Crippen molar-refractivity contribution in [2.24, 2.45) is 5.92 Å². The van der Waals surface area contributed by atoms with Crippen molar-refractivity contribution in [2.45, 2.75) is 6.42 Å². The van der Waals surface area contributed by atoms with E-state index in [1.165, 1.54) is 6.20 Å². The summed E-state index contributed by atoms with van der Waals surface area (Å²) in [6.07, 6.45) is 2.50. The molecule has 1 aliphatic heterocycles. The highest BCUT2D eigenvalue weighted by Gasteiger charge is 2.23. The Morgan fingerprint density at radius 2 is 2.47 bits per heavy atom. The van der Waals surface area contributed by atoms with Crippen molar-refractivity contribution in [1.82, 2.24) is 4.98 Å². The van der Waals surface area contributed by atoms with Gasteiger partial charge in [0.25, 0.3) is 0 Å². The van der Waals surface area contributed by atoms with Crippen LogP contribution < -0.4 is 4.90 Å². The summed E-state index contributed by atoms with van der Waals surface area (Å²) < 4.78 is 5.14. The number of methoxy groups -OCH3 is 1. The first kappa shape index (κ1) is 11.9. The van der Waals surface area contributed by atoms with Crippen molar-refractivity contribution in [3.05, 3.63) is 23.9 Å². The summed E-state index contributed by atoms with van der Waals surface area (Å²) in [5, 5.41) is 8.78. The first-order valence-corrected chi connectivity index (χ1v) is 5.64. The maximum absolute atomic E-state index is 10.7. The van der Waals surface area contributed by atoms with Gasteiger partial charge < -0.3 is 14.7 Å². The minimum absolute atomic E-state index is 0.224. The average Bonchev–Trinajstić information content (AvgIpc) is 2.78. The number of aromatic nitrogens is 1. The Bertz CT molecular complexity index is 391. The maximum atomic E-state index is 10.7. The van der Waals surface area contributed by atoms with E-state index in [0.29, 0.717) is 5.92 Å². The zero-order chi connectivity index (χ0) is 12.3. The van der Waals surface area contributed by atoms with E-state index in [1.807, 2.05) is 0 Å². The van der Waals surface area contributed by atoms with E-state index < -0.39 is 5.97 Å². The Kier molecular flexibility index (Phi) is 3.58. The predicted molar refractivity (Wildman–Crippen MR) is 63.4 cm³/mol. The van der Waals surface area contributed by atoms with Gasteiger partial charge >= 0.3 is 5.97 Å². The SMILES string of the molecule is COCC1CCN(c2ccc(C(=O)O)cn2)C1. The van der Waals surface area contributed by atoms with Crippen LogP contribution in [-0.4, -0.2) is 42.9 Å². The molecule has 1 aromatic rings. The molecular formula is C12H16N2O3. The minimum atomic E-state index is -0.942. The topological polar surface area (TPSA) is 62.7 Å². The van der Waals surface area contributed by atoms with Gasteiger partial charge in [0.15, 0.2) is 0 Å². The first-order chi connectivity index (χ1) is 8.20. The normalized spacial score (nSPS) is 19.6. The van der Waals surface area contributed by atoms with Crippen molar-refractivity contribution in [3.8, 4) is 0 Å². The molecule has 1 atom stereocenters. The van der Waals surface area contributed by atoms with E-state index in [2.05, 4.69) is 9.88 Å². The second-order valence-electron chi connectivity index (χ2n) is 4.27. The van der Waals surface area contributed by atoms with E-state index in [0.717, 1.165) is 31.9 Å². The summed E-state index contributed by atoms with van der Waals surface area (Å²) >= 11 is 0. The Labute approximate surface area is 100 Å². The van der Waals surface area contributed by atoms with Gasteiger partial charge in [0.05, 0.1) is 12.2 Å². The number of nitrogens with zero attached hydrogens (tertiary/aromatic N) is 2. The van der Waals surface area contributed by atoms with Crippen molar-refractivity contribution in [2.75, 3.05) is 31.7 Å². The lowest BCUT2D eigenvalue weighted by atomic mass is 10.1.